The Bertz CT molecular complexity index is 1090. The molecule has 0 aliphatic carbocycles. The van der Waals surface area contributed by atoms with Crippen LogP contribution >= 0.6 is 0 Å². The fourth-order valence-electron chi connectivity index (χ4n) is 3.23. The number of ether oxygens (including phenoxy) is 3. The lowest BCUT2D eigenvalue weighted by atomic mass is 9.97. The summed E-state index contributed by atoms with van der Waals surface area (Å²) in [5.41, 5.74) is 2.75. The number of rotatable bonds is 11. The van der Waals surface area contributed by atoms with E-state index in [0.29, 0.717) is 35.1 Å². The summed E-state index contributed by atoms with van der Waals surface area (Å²) < 4.78 is 17.0. The minimum atomic E-state index is -1.53. The Hall–Kier alpha value is -3.86. The molecule has 0 aliphatic rings. The molecule has 0 amide bonds. The van der Waals surface area contributed by atoms with E-state index in [9.17, 15) is 5.26 Å². The normalized spacial score (nSPS) is 11.5. The number of nitrogens with one attached hydrogen (secondary N) is 1. The zero-order valence-corrected chi connectivity index (χ0v) is 18.3. The van der Waals surface area contributed by atoms with Gasteiger partial charge < -0.3 is 29.8 Å². The molecule has 3 N–H and O–H groups in total. The summed E-state index contributed by atoms with van der Waals surface area (Å²) in [4.78, 5) is 0. The van der Waals surface area contributed by atoms with Gasteiger partial charge in [0.05, 0.1) is 24.8 Å². The summed E-state index contributed by atoms with van der Waals surface area (Å²) in [6.07, 6.45) is -1.58. The Morgan fingerprint density at radius 1 is 0.970 bits per heavy atom. The monoisotopic (exact) mass is 446 g/mol. The number of benzene rings is 3. The first kappa shape index (κ1) is 23.8. The molecular weight excluding hydrogens is 420 g/mol. The van der Waals surface area contributed by atoms with Gasteiger partial charge in [-0.3, -0.25) is 0 Å². The average Bonchev–Trinajstić information content (AvgIpc) is 2.85. The second kappa shape index (κ2) is 11.7. The van der Waals surface area contributed by atoms with Crippen LogP contribution in [0, 0.1) is 16.7 Å². The van der Waals surface area contributed by atoms with Crippen molar-refractivity contribution in [3.05, 3.63) is 89.5 Å². The molecule has 1 unspecified atom stereocenters. The van der Waals surface area contributed by atoms with Gasteiger partial charge in [0.25, 0.3) is 0 Å². The highest BCUT2D eigenvalue weighted by Gasteiger charge is 2.14. The first-order chi connectivity index (χ1) is 16.0. The molecule has 3 aromatic carbocycles. The molecule has 0 bridgehead atoms. The smallest absolute Gasteiger partial charge is 0.161 e. The van der Waals surface area contributed by atoms with Crippen LogP contribution in [0.15, 0.2) is 72.8 Å². The lowest BCUT2D eigenvalue weighted by Crippen LogP contribution is -2.12. The predicted octanol–water partition coefficient (Wildman–Crippen LogP) is 4.03. The highest BCUT2D eigenvalue weighted by molar-refractivity contribution is 5.99. The van der Waals surface area contributed by atoms with Crippen LogP contribution in [-0.4, -0.2) is 35.9 Å². The molecule has 0 heterocycles. The summed E-state index contributed by atoms with van der Waals surface area (Å²) >= 11 is 0. The van der Waals surface area contributed by atoms with Crippen LogP contribution in [0.2, 0.25) is 0 Å². The van der Waals surface area contributed by atoms with E-state index in [2.05, 4.69) is 6.07 Å². The summed E-state index contributed by atoms with van der Waals surface area (Å²) in [5.74, 6) is 1.11. The van der Waals surface area contributed by atoms with E-state index in [1.165, 1.54) is 0 Å². The number of nitrogens with zero attached hydrogens (tertiary/aromatic N) is 1. The molecule has 7 heteroatoms. The zero-order valence-electron chi connectivity index (χ0n) is 18.3. The van der Waals surface area contributed by atoms with E-state index in [0.717, 1.165) is 11.1 Å². The van der Waals surface area contributed by atoms with E-state index in [1.54, 1.807) is 37.4 Å². The van der Waals surface area contributed by atoms with Gasteiger partial charge >= 0.3 is 0 Å². The molecule has 33 heavy (non-hydrogen) atoms. The number of hydrogen-bond donors (Lipinski definition) is 3. The molecule has 0 radical (unpaired) electrons. The molecule has 0 saturated heterocycles. The molecule has 3 rings (SSSR count). The maximum atomic E-state index is 9.21. The second-order valence-electron chi connectivity index (χ2n) is 7.37. The highest BCUT2D eigenvalue weighted by Crippen LogP contribution is 2.29. The fraction of sp³-hybridized carbons (Fsp3) is 0.231. The van der Waals surface area contributed by atoms with Crippen molar-refractivity contribution in [1.29, 1.82) is 10.7 Å². The summed E-state index contributed by atoms with van der Waals surface area (Å²) in [6.45, 7) is 0.423. The van der Waals surface area contributed by atoms with Crippen LogP contribution in [0.5, 0.6) is 17.2 Å². The van der Waals surface area contributed by atoms with Gasteiger partial charge in [0.2, 0.25) is 0 Å². The largest absolute Gasteiger partial charge is 0.493 e. The molecule has 0 aliphatic heterocycles. The van der Waals surface area contributed by atoms with E-state index in [4.69, 9.17) is 29.8 Å². The van der Waals surface area contributed by atoms with Crippen LogP contribution < -0.4 is 14.2 Å². The minimum absolute atomic E-state index is 0.0459. The van der Waals surface area contributed by atoms with Crippen molar-refractivity contribution in [3.8, 4) is 23.3 Å². The first-order valence-corrected chi connectivity index (χ1v) is 10.4. The van der Waals surface area contributed by atoms with Crippen molar-refractivity contribution in [1.82, 2.24) is 0 Å². The van der Waals surface area contributed by atoms with Gasteiger partial charge in [0.1, 0.15) is 19.0 Å². The van der Waals surface area contributed by atoms with Gasteiger partial charge in [-0.2, -0.15) is 5.26 Å². The SMILES string of the molecule is COc1cc(COc2ccc(C(C#N)CC(O)O)cc2)ccc1OCC(=N)c1ccccc1. The molecule has 0 aromatic heterocycles. The summed E-state index contributed by atoms with van der Waals surface area (Å²) in [7, 11) is 1.56. The summed E-state index contributed by atoms with van der Waals surface area (Å²) in [5, 5.41) is 35.6. The number of nitriles is 1. The quantitative estimate of drug-likeness (QED) is 0.303. The van der Waals surface area contributed by atoms with Crippen LogP contribution in [0.1, 0.15) is 29.0 Å². The maximum Gasteiger partial charge on any atom is 0.161 e. The van der Waals surface area contributed by atoms with Gasteiger partial charge in [-0.15, -0.1) is 0 Å². The molecule has 0 fully saturated rings. The lowest BCUT2D eigenvalue weighted by Gasteiger charge is -2.14. The van der Waals surface area contributed by atoms with Crippen LogP contribution in [0.3, 0.4) is 0 Å². The molecule has 0 spiro atoms. The van der Waals surface area contributed by atoms with E-state index in [1.807, 2.05) is 42.5 Å². The fourth-order valence-corrected chi connectivity index (χ4v) is 3.23. The van der Waals surface area contributed by atoms with Gasteiger partial charge in [-0.25, -0.2) is 0 Å². The van der Waals surface area contributed by atoms with Crippen LogP contribution in [0.25, 0.3) is 0 Å². The Balaban J connectivity index is 1.58. The Labute approximate surface area is 192 Å². The Kier molecular flexibility index (Phi) is 8.42. The topological polar surface area (TPSA) is 116 Å². The number of hydrogen-bond acceptors (Lipinski definition) is 7. The third-order valence-electron chi connectivity index (χ3n) is 5.01. The van der Waals surface area contributed by atoms with E-state index >= 15 is 0 Å². The molecule has 1 atom stereocenters. The van der Waals surface area contributed by atoms with Crippen molar-refractivity contribution in [3.63, 3.8) is 0 Å². The standard InChI is InChI=1S/C26H26N2O5/c1-31-25-13-18(7-12-24(25)33-17-23(28)20-5-3-2-4-6-20)16-32-22-10-8-19(9-11-22)21(15-27)14-26(29)30/h2-13,21,26,28-30H,14,16-17H2,1H3. The second-order valence-corrected chi connectivity index (χ2v) is 7.37. The van der Waals surface area contributed by atoms with Gasteiger partial charge in [-0.1, -0.05) is 48.5 Å². The average molecular weight is 447 g/mol. The minimum Gasteiger partial charge on any atom is -0.493 e. The van der Waals surface area contributed by atoms with Crippen molar-refractivity contribution >= 4 is 5.71 Å². The highest BCUT2D eigenvalue weighted by atomic mass is 16.5. The van der Waals surface area contributed by atoms with E-state index < -0.39 is 12.2 Å². The number of aliphatic hydroxyl groups is 2. The Morgan fingerprint density at radius 3 is 2.33 bits per heavy atom. The van der Waals surface area contributed by atoms with Crippen molar-refractivity contribution in [2.24, 2.45) is 0 Å². The maximum absolute atomic E-state index is 9.21. The summed E-state index contributed by atoms with van der Waals surface area (Å²) in [6, 6.07) is 23.9. The number of aliphatic hydroxyl groups excluding tert-OH is 1. The van der Waals surface area contributed by atoms with Gasteiger partial charge in [-0.05, 0) is 41.0 Å². The third-order valence-corrected chi connectivity index (χ3v) is 5.01. The zero-order chi connectivity index (χ0) is 23.6. The molecule has 7 nitrogen and oxygen atoms in total. The van der Waals surface area contributed by atoms with Crippen molar-refractivity contribution in [2.45, 2.75) is 25.2 Å². The molecule has 0 saturated carbocycles. The first-order valence-electron chi connectivity index (χ1n) is 10.4. The number of methoxy groups -OCH3 is 1. The van der Waals surface area contributed by atoms with Crippen molar-refractivity contribution in [2.75, 3.05) is 13.7 Å². The van der Waals surface area contributed by atoms with Crippen molar-refractivity contribution < 1.29 is 24.4 Å². The molecule has 3 aromatic rings. The van der Waals surface area contributed by atoms with Gasteiger partial charge in [0.15, 0.2) is 17.8 Å². The molecular formula is C26H26N2O5. The molecule has 170 valence electrons. The van der Waals surface area contributed by atoms with Crippen LogP contribution in [0.4, 0.5) is 0 Å². The lowest BCUT2D eigenvalue weighted by molar-refractivity contribution is -0.0469. The van der Waals surface area contributed by atoms with Gasteiger partial charge in [0, 0.05) is 6.42 Å². The van der Waals surface area contributed by atoms with Crippen LogP contribution in [-0.2, 0) is 6.61 Å². The predicted molar refractivity (Wildman–Crippen MR) is 124 cm³/mol. The van der Waals surface area contributed by atoms with E-state index in [-0.39, 0.29) is 13.0 Å². The Morgan fingerprint density at radius 2 is 1.70 bits per heavy atom. The third kappa shape index (κ3) is 6.81.